The fraction of sp³-hybridized carbons (Fsp3) is 0.619. The van der Waals surface area contributed by atoms with Gasteiger partial charge < -0.3 is 4.74 Å². The van der Waals surface area contributed by atoms with Crippen LogP contribution in [0.5, 0.6) is 0 Å². The summed E-state index contributed by atoms with van der Waals surface area (Å²) in [5.41, 5.74) is 4.11. The van der Waals surface area contributed by atoms with Gasteiger partial charge in [-0.25, -0.2) is 0 Å². The van der Waals surface area contributed by atoms with E-state index in [-0.39, 0.29) is 12.2 Å². The third-order valence-corrected chi connectivity index (χ3v) is 3.69. The lowest BCUT2D eigenvalue weighted by Crippen LogP contribution is -2.10. The van der Waals surface area contributed by atoms with Crippen LogP contribution in [0.15, 0.2) is 34.9 Å². The number of ketones is 1. The molecule has 0 rings (SSSR count). The van der Waals surface area contributed by atoms with Gasteiger partial charge in [0.1, 0.15) is 12.2 Å². The Labute approximate surface area is 147 Å². The molecular formula is C21H34O3. The van der Waals surface area contributed by atoms with Gasteiger partial charge in [0, 0.05) is 6.42 Å². The number of Topliss-reactive ketones (excluding diaryl/α,β-unsaturated/α-hetero) is 1. The van der Waals surface area contributed by atoms with E-state index in [1.54, 1.807) is 6.92 Å². The van der Waals surface area contributed by atoms with Crippen molar-refractivity contribution in [3.63, 3.8) is 0 Å². The SMILES string of the molecule is CCOC(=O)CC(=O)CCC=C(C)CCC=C(C)CCC=C(C)C. The fourth-order valence-electron chi connectivity index (χ4n) is 2.28. The molecule has 0 unspecified atom stereocenters. The van der Waals surface area contributed by atoms with Crippen LogP contribution in [0.2, 0.25) is 0 Å². The minimum Gasteiger partial charge on any atom is -0.466 e. The van der Waals surface area contributed by atoms with Gasteiger partial charge in [-0.15, -0.1) is 0 Å². The maximum Gasteiger partial charge on any atom is 0.313 e. The summed E-state index contributed by atoms with van der Waals surface area (Å²) in [5.74, 6) is -0.468. The van der Waals surface area contributed by atoms with Crippen LogP contribution in [0.4, 0.5) is 0 Å². The van der Waals surface area contributed by atoms with Crippen molar-refractivity contribution < 1.29 is 14.3 Å². The Hall–Kier alpha value is -1.64. The van der Waals surface area contributed by atoms with E-state index in [2.05, 4.69) is 45.9 Å². The Kier molecular flexibility index (Phi) is 12.8. The largest absolute Gasteiger partial charge is 0.466 e. The number of carbonyl (C=O) groups is 2. The van der Waals surface area contributed by atoms with Gasteiger partial charge in [0.15, 0.2) is 0 Å². The normalized spacial score (nSPS) is 12.0. The van der Waals surface area contributed by atoms with Crippen molar-refractivity contribution in [2.24, 2.45) is 0 Å². The van der Waals surface area contributed by atoms with E-state index in [0.717, 1.165) is 25.7 Å². The summed E-state index contributed by atoms with van der Waals surface area (Å²) in [6, 6.07) is 0. The molecule has 0 bridgehead atoms. The van der Waals surface area contributed by atoms with E-state index < -0.39 is 5.97 Å². The molecule has 0 radical (unpaired) electrons. The van der Waals surface area contributed by atoms with Crippen LogP contribution < -0.4 is 0 Å². The number of ether oxygens (including phenoxy) is 1. The number of rotatable bonds is 12. The number of esters is 1. The van der Waals surface area contributed by atoms with E-state index >= 15 is 0 Å². The van der Waals surface area contributed by atoms with Gasteiger partial charge in [0.2, 0.25) is 0 Å². The highest BCUT2D eigenvalue weighted by molar-refractivity contribution is 5.95. The molecule has 0 spiro atoms. The Morgan fingerprint density at radius 2 is 1.29 bits per heavy atom. The van der Waals surface area contributed by atoms with Crippen molar-refractivity contribution in [2.45, 2.75) is 79.6 Å². The molecule has 0 aliphatic heterocycles. The van der Waals surface area contributed by atoms with E-state index in [9.17, 15) is 9.59 Å². The second kappa shape index (κ2) is 13.8. The maximum atomic E-state index is 11.6. The van der Waals surface area contributed by atoms with Gasteiger partial charge in [-0.05, 0) is 66.7 Å². The lowest BCUT2D eigenvalue weighted by atomic mass is 10.0. The molecule has 0 heterocycles. The second-order valence-electron chi connectivity index (χ2n) is 6.52. The Balaban J connectivity index is 3.96. The summed E-state index contributed by atoms with van der Waals surface area (Å²) in [4.78, 5) is 22.8. The highest BCUT2D eigenvalue weighted by Crippen LogP contribution is 2.12. The highest BCUT2D eigenvalue weighted by Gasteiger charge is 2.09. The van der Waals surface area contributed by atoms with Crippen molar-refractivity contribution >= 4 is 11.8 Å². The first-order valence-corrected chi connectivity index (χ1v) is 8.97. The van der Waals surface area contributed by atoms with Crippen LogP contribution in [0.3, 0.4) is 0 Å². The monoisotopic (exact) mass is 334 g/mol. The third kappa shape index (κ3) is 14.0. The fourth-order valence-corrected chi connectivity index (χ4v) is 2.28. The summed E-state index contributed by atoms with van der Waals surface area (Å²) in [5, 5.41) is 0. The molecule has 0 atom stereocenters. The maximum absolute atomic E-state index is 11.6. The summed E-state index contributed by atoms with van der Waals surface area (Å²) in [7, 11) is 0. The average molecular weight is 335 g/mol. The van der Waals surface area contributed by atoms with E-state index in [1.807, 2.05) is 0 Å². The molecule has 0 aliphatic rings. The zero-order chi connectivity index (χ0) is 18.4. The predicted octanol–water partition coefficient (Wildman–Crippen LogP) is 5.71. The second-order valence-corrected chi connectivity index (χ2v) is 6.52. The first kappa shape index (κ1) is 22.4. The lowest BCUT2D eigenvalue weighted by molar-refractivity contribution is -0.145. The van der Waals surface area contributed by atoms with Crippen molar-refractivity contribution in [2.75, 3.05) is 6.61 Å². The lowest BCUT2D eigenvalue weighted by Gasteiger charge is -2.02. The summed E-state index contributed by atoms with van der Waals surface area (Å²) >= 11 is 0. The number of allylic oxidation sites excluding steroid dienone is 6. The zero-order valence-corrected chi connectivity index (χ0v) is 16.1. The molecule has 0 aromatic carbocycles. The van der Waals surface area contributed by atoms with Gasteiger partial charge in [0.25, 0.3) is 0 Å². The molecule has 0 amide bonds. The molecule has 136 valence electrons. The quantitative estimate of drug-likeness (QED) is 0.261. The van der Waals surface area contributed by atoms with Crippen LogP contribution >= 0.6 is 0 Å². The van der Waals surface area contributed by atoms with Crippen molar-refractivity contribution in [1.29, 1.82) is 0 Å². The van der Waals surface area contributed by atoms with Crippen molar-refractivity contribution in [3.05, 3.63) is 34.9 Å². The smallest absolute Gasteiger partial charge is 0.313 e. The predicted molar refractivity (Wildman–Crippen MR) is 101 cm³/mol. The first-order valence-electron chi connectivity index (χ1n) is 8.97. The molecular weight excluding hydrogens is 300 g/mol. The standard InChI is InChI=1S/C21H34O3/c1-6-24-21(23)16-20(22)15-9-14-19(5)13-8-12-18(4)11-7-10-17(2)3/h10,12,14H,6-9,11,13,15-16H2,1-5H3. The minimum atomic E-state index is -0.420. The van der Waals surface area contributed by atoms with Gasteiger partial charge >= 0.3 is 5.97 Å². The summed E-state index contributed by atoms with van der Waals surface area (Å²) in [6.45, 7) is 10.6. The molecule has 0 fully saturated rings. The summed E-state index contributed by atoms with van der Waals surface area (Å²) in [6.07, 6.45) is 12.0. The molecule has 3 nitrogen and oxygen atoms in total. The molecule has 0 aromatic rings. The number of hydrogen-bond acceptors (Lipinski definition) is 3. The van der Waals surface area contributed by atoms with Crippen LogP contribution in [0.1, 0.15) is 79.6 Å². The minimum absolute atomic E-state index is 0.0486. The van der Waals surface area contributed by atoms with E-state index in [0.29, 0.717) is 19.4 Å². The topological polar surface area (TPSA) is 43.4 Å². The van der Waals surface area contributed by atoms with Crippen LogP contribution in [-0.2, 0) is 14.3 Å². The number of carbonyl (C=O) groups excluding carboxylic acids is 2. The third-order valence-electron chi connectivity index (χ3n) is 3.69. The van der Waals surface area contributed by atoms with Crippen LogP contribution in [0, 0.1) is 0 Å². The molecule has 24 heavy (non-hydrogen) atoms. The van der Waals surface area contributed by atoms with Gasteiger partial charge in [-0.2, -0.15) is 0 Å². The van der Waals surface area contributed by atoms with Crippen molar-refractivity contribution in [3.8, 4) is 0 Å². The Bertz CT molecular complexity index is 477. The zero-order valence-electron chi connectivity index (χ0n) is 16.1. The van der Waals surface area contributed by atoms with Crippen molar-refractivity contribution in [1.82, 2.24) is 0 Å². The summed E-state index contributed by atoms with van der Waals surface area (Å²) < 4.78 is 4.77. The Morgan fingerprint density at radius 1 is 0.792 bits per heavy atom. The Morgan fingerprint density at radius 3 is 1.79 bits per heavy atom. The average Bonchev–Trinajstić information content (AvgIpc) is 2.46. The van der Waals surface area contributed by atoms with Crippen LogP contribution in [0.25, 0.3) is 0 Å². The molecule has 0 aliphatic carbocycles. The van der Waals surface area contributed by atoms with Gasteiger partial charge in [-0.1, -0.05) is 34.9 Å². The molecule has 0 N–H and O–H groups in total. The van der Waals surface area contributed by atoms with Gasteiger partial charge in [-0.3, -0.25) is 9.59 Å². The van der Waals surface area contributed by atoms with Crippen LogP contribution in [-0.4, -0.2) is 18.4 Å². The van der Waals surface area contributed by atoms with E-state index in [4.69, 9.17) is 4.74 Å². The number of hydrogen-bond donors (Lipinski definition) is 0. The van der Waals surface area contributed by atoms with Gasteiger partial charge in [0.05, 0.1) is 6.61 Å². The van der Waals surface area contributed by atoms with E-state index in [1.165, 1.54) is 16.7 Å². The molecule has 0 saturated carbocycles. The molecule has 0 saturated heterocycles. The molecule has 3 heteroatoms. The highest BCUT2D eigenvalue weighted by atomic mass is 16.5. The first-order chi connectivity index (χ1) is 11.3. The molecule has 0 aromatic heterocycles.